The highest BCUT2D eigenvalue weighted by atomic mass is 16.5. The van der Waals surface area contributed by atoms with E-state index in [0.29, 0.717) is 0 Å². The average molecular weight is 409 g/mol. The number of aliphatic hydroxyl groups is 2. The van der Waals surface area contributed by atoms with E-state index < -0.39 is 0 Å². The van der Waals surface area contributed by atoms with Crippen LogP contribution in [0, 0.1) is 0 Å². The molecular weight excluding hydrogens is 360 g/mol. The Kier molecular flexibility index (Phi) is 24.1. The van der Waals surface area contributed by atoms with Crippen LogP contribution in [-0.4, -0.2) is 30.0 Å². The molecule has 0 unspecified atom stereocenters. The third kappa shape index (κ3) is 23.1. The van der Waals surface area contributed by atoms with E-state index in [1.54, 1.807) is 0 Å². The maximum Gasteiger partial charge on any atom is 0.119 e. The molecule has 170 valence electrons. The van der Waals surface area contributed by atoms with Gasteiger partial charge in [0.1, 0.15) is 5.75 Å². The van der Waals surface area contributed by atoms with Gasteiger partial charge in [-0.05, 0) is 18.6 Å². The molecule has 1 aromatic carbocycles. The van der Waals surface area contributed by atoms with Crippen LogP contribution in [0.2, 0.25) is 0 Å². The van der Waals surface area contributed by atoms with Crippen LogP contribution < -0.4 is 4.74 Å². The number of unbranched alkanes of at least 4 members (excludes halogenated alkanes) is 15. The van der Waals surface area contributed by atoms with E-state index in [-0.39, 0.29) is 13.2 Å². The van der Waals surface area contributed by atoms with Crippen molar-refractivity contribution in [1.82, 2.24) is 0 Å². The number of rotatable bonds is 19. The highest BCUT2D eigenvalue weighted by Crippen LogP contribution is 2.14. The minimum Gasteiger partial charge on any atom is -0.494 e. The molecule has 29 heavy (non-hydrogen) atoms. The Bertz CT molecular complexity index is 392. The largest absolute Gasteiger partial charge is 0.494 e. The van der Waals surface area contributed by atoms with Crippen LogP contribution in [0.1, 0.15) is 110 Å². The molecule has 0 aromatic heterocycles. The molecule has 0 atom stereocenters. The van der Waals surface area contributed by atoms with Crippen molar-refractivity contribution in [3.8, 4) is 5.75 Å². The predicted molar refractivity (Wildman–Crippen MR) is 126 cm³/mol. The van der Waals surface area contributed by atoms with Gasteiger partial charge in [0.2, 0.25) is 0 Å². The zero-order valence-electron chi connectivity index (χ0n) is 19.1. The van der Waals surface area contributed by atoms with Gasteiger partial charge in [-0.25, -0.2) is 0 Å². The second-order valence-corrected chi connectivity index (χ2v) is 7.91. The fourth-order valence-corrected chi connectivity index (χ4v) is 3.36. The van der Waals surface area contributed by atoms with E-state index in [4.69, 9.17) is 14.9 Å². The lowest BCUT2D eigenvalue weighted by Crippen LogP contribution is -1.96. The lowest BCUT2D eigenvalue weighted by molar-refractivity contribution is 0.186. The summed E-state index contributed by atoms with van der Waals surface area (Å²) in [7, 11) is 0. The first-order valence-corrected chi connectivity index (χ1v) is 12.2. The molecular formula is C26H48O3. The smallest absolute Gasteiger partial charge is 0.119 e. The Hall–Kier alpha value is -1.06. The number of para-hydroxylation sites is 1. The van der Waals surface area contributed by atoms with Crippen molar-refractivity contribution >= 4 is 0 Å². The Morgan fingerprint density at radius 2 is 0.931 bits per heavy atom. The molecule has 0 radical (unpaired) electrons. The maximum absolute atomic E-state index is 7.62. The third-order valence-corrected chi connectivity index (χ3v) is 5.11. The molecule has 1 aromatic rings. The summed E-state index contributed by atoms with van der Waals surface area (Å²) in [6.07, 6.45) is 22.6. The zero-order chi connectivity index (χ0) is 21.3. The lowest BCUT2D eigenvalue weighted by atomic mass is 10.0. The van der Waals surface area contributed by atoms with Crippen LogP contribution >= 0.6 is 0 Å². The zero-order valence-corrected chi connectivity index (χ0v) is 19.1. The van der Waals surface area contributed by atoms with E-state index in [9.17, 15) is 0 Å². The van der Waals surface area contributed by atoms with Crippen molar-refractivity contribution in [3.63, 3.8) is 0 Å². The number of hydrogen-bond donors (Lipinski definition) is 2. The standard InChI is InChI=1S/C24H42O.C2H6O2/c1-2-3-4-5-6-7-8-9-10-11-12-13-14-15-16-20-23-25-24-21-18-17-19-22-24;3-1-2-4/h17-19,21-22H,2-16,20,23H2,1H3;3-4H,1-2H2. The molecule has 0 saturated carbocycles. The summed E-state index contributed by atoms with van der Waals surface area (Å²) in [4.78, 5) is 0. The van der Waals surface area contributed by atoms with Crippen molar-refractivity contribution < 1.29 is 14.9 Å². The van der Waals surface area contributed by atoms with Crippen molar-refractivity contribution in [2.24, 2.45) is 0 Å². The molecule has 2 N–H and O–H groups in total. The molecule has 3 heteroatoms. The second-order valence-electron chi connectivity index (χ2n) is 7.91. The summed E-state index contributed by atoms with van der Waals surface area (Å²) in [6, 6.07) is 10.2. The molecule has 1 rings (SSSR count). The quantitative estimate of drug-likeness (QED) is 0.236. The topological polar surface area (TPSA) is 49.7 Å². The monoisotopic (exact) mass is 408 g/mol. The van der Waals surface area contributed by atoms with E-state index in [2.05, 4.69) is 6.92 Å². The van der Waals surface area contributed by atoms with E-state index in [0.717, 1.165) is 12.4 Å². The maximum atomic E-state index is 7.62. The minimum absolute atomic E-state index is 0.125. The average Bonchev–Trinajstić information content (AvgIpc) is 2.77. The highest BCUT2D eigenvalue weighted by Gasteiger charge is 1.95. The molecule has 0 bridgehead atoms. The molecule has 0 saturated heterocycles. The van der Waals surface area contributed by atoms with Gasteiger partial charge >= 0.3 is 0 Å². The first-order valence-electron chi connectivity index (χ1n) is 12.2. The predicted octanol–water partition coefficient (Wildman–Crippen LogP) is 7.30. The summed E-state index contributed by atoms with van der Waals surface area (Å²) in [5.41, 5.74) is 0. The van der Waals surface area contributed by atoms with Gasteiger partial charge in [-0.1, -0.05) is 121 Å². The molecule has 0 amide bonds. The summed E-state index contributed by atoms with van der Waals surface area (Å²) >= 11 is 0. The van der Waals surface area contributed by atoms with E-state index in [1.807, 2.05) is 30.3 Å². The van der Waals surface area contributed by atoms with Crippen molar-refractivity contribution in [2.75, 3.05) is 19.8 Å². The van der Waals surface area contributed by atoms with Gasteiger partial charge < -0.3 is 14.9 Å². The van der Waals surface area contributed by atoms with Crippen LogP contribution in [0.4, 0.5) is 0 Å². The molecule has 0 spiro atoms. The fourth-order valence-electron chi connectivity index (χ4n) is 3.36. The Morgan fingerprint density at radius 1 is 0.552 bits per heavy atom. The SMILES string of the molecule is CCCCCCCCCCCCCCCCCCOc1ccccc1.OCCO. The van der Waals surface area contributed by atoms with Crippen molar-refractivity contribution in [3.05, 3.63) is 30.3 Å². The molecule has 0 fully saturated rings. The molecule has 0 heterocycles. The van der Waals surface area contributed by atoms with Crippen molar-refractivity contribution in [2.45, 2.75) is 110 Å². The summed E-state index contributed by atoms with van der Waals surface area (Å²) in [5, 5.41) is 15.2. The number of aliphatic hydroxyl groups excluding tert-OH is 2. The summed E-state index contributed by atoms with van der Waals surface area (Å²) in [5.74, 6) is 1.00. The van der Waals surface area contributed by atoms with Gasteiger partial charge in [-0.2, -0.15) is 0 Å². The number of benzene rings is 1. The van der Waals surface area contributed by atoms with Crippen molar-refractivity contribution in [1.29, 1.82) is 0 Å². The van der Waals surface area contributed by atoms with Gasteiger partial charge in [0.25, 0.3) is 0 Å². The minimum atomic E-state index is -0.125. The van der Waals surface area contributed by atoms with Crippen LogP contribution in [0.15, 0.2) is 30.3 Å². The molecule has 3 nitrogen and oxygen atoms in total. The Morgan fingerprint density at radius 3 is 1.31 bits per heavy atom. The van der Waals surface area contributed by atoms with Gasteiger partial charge in [0, 0.05) is 0 Å². The van der Waals surface area contributed by atoms with Crippen LogP contribution in [0.5, 0.6) is 5.75 Å². The van der Waals surface area contributed by atoms with Gasteiger partial charge in [0.15, 0.2) is 0 Å². The Balaban J connectivity index is 0.00000178. The first-order chi connectivity index (χ1) is 14.3. The molecule has 0 aliphatic carbocycles. The van der Waals surface area contributed by atoms with Gasteiger partial charge in [-0.15, -0.1) is 0 Å². The third-order valence-electron chi connectivity index (χ3n) is 5.11. The van der Waals surface area contributed by atoms with Crippen LogP contribution in [-0.2, 0) is 0 Å². The van der Waals surface area contributed by atoms with Gasteiger partial charge in [0.05, 0.1) is 19.8 Å². The van der Waals surface area contributed by atoms with E-state index >= 15 is 0 Å². The van der Waals surface area contributed by atoms with Crippen LogP contribution in [0.25, 0.3) is 0 Å². The summed E-state index contributed by atoms with van der Waals surface area (Å²) < 4.78 is 5.73. The summed E-state index contributed by atoms with van der Waals surface area (Å²) in [6.45, 7) is 2.91. The molecule has 0 aliphatic rings. The first kappa shape index (κ1) is 27.9. The number of hydrogen-bond acceptors (Lipinski definition) is 3. The van der Waals surface area contributed by atoms with E-state index in [1.165, 1.54) is 103 Å². The fraction of sp³-hybridized carbons (Fsp3) is 0.769. The number of ether oxygens (including phenoxy) is 1. The molecule has 0 aliphatic heterocycles. The normalized spacial score (nSPS) is 10.4. The Labute approximate surface area is 180 Å². The second kappa shape index (κ2) is 25.0. The van der Waals surface area contributed by atoms with Crippen LogP contribution in [0.3, 0.4) is 0 Å². The highest BCUT2D eigenvalue weighted by molar-refractivity contribution is 5.20. The van der Waals surface area contributed by atoms with Gasteiger partial charge in [-0.3, -0.25) is 0 Å². The lowest BCUT2D eigenvalue weighted by Gasteiger charge is -2.06.